The molecule has 0 aliphatic heterocycles. The van der Waals surface area contributed by atoms with Gasteiger partial charge in [-0.2, -0.15) is 21.6 Å². The van der Waals surface area contributed by atoms with E-state index in [0.717, 1.165) is 18.2 Å². The normalized spacial score (nSPS) is 12.3. The van der Waals surface area contributed by atoms with Crippen molar-refractivity contribution in [1.29, 1.82) is 0 Å². The molecule has 0 aromatic heterocycles. The summed E-state index contributed by atoms with van der Waals surface area (Å²) in [6, 6.07) is 3.71. The number of rotatable bonds is 3. The Morgan fingerprint density at radius 1 is 0.957 bits per heavy atom. The fourth-order valence-corrected chi connectivity index (χ4v) is 2.76. The van der Waals surface area contributed by atoms with Gasteiger partial charge in [0.1, 0.15) is 10.6 Å². The summed E-state index contributed by atoms with van der Waals surface area (Å²) in [7, 11) is -4.69. The van der Waals surface area contributed by atoms with Gasteiger partial charge in [-0.05, 0) is 30.3 Å². The van der Waals surface area contributed by atoms with Gasteiger partial charge < -0.3 is 4.18 Å². The Labute approximate surface area is 132 Å². The minimum Gasteiger partial charge on any atom is -0.379 e. The molecule has 0 bridgehead atoms. The van der Waals surface area contributed by atoms with Crippen molar-refractivity contribution in [2.45, 2.75) is 11.1 Å². The summed E-state index contributed by atoms with van der Waals surface area (Å²) < 4.78 is 92.3. The molecule has 0 amide bonds. The summed E-state index contributed by atoms with van der Waals surface area (Å²) in [6.45, 7) is 0. The highest BCUT2D eigenvalue weighted by atomic mass is 35.5. The highest BCUT2D eigenvalue weighted by Crippen LogP contribution is 2.36. The van der Waals surface area contributed by atoms with Crippen molar-refractivity contribution in [2.24, 2.45) is 0 Å². The van der Waals surface area contributed by atoms with Crippen LogP contribution in [0, 0.1) is 11.6 Å². The van der Waals surface area contributed by atoms with Gasteiger partial charge in [0.05, 0.1) is 10.6 Å². The first kappa shape index (κ1) is 17.5. The van der Waals surface area contributed by atoms with Gasteiger partial charge >= 0.3 is 16.3 Å². The lowest BCUT2D eigenvalue weighted by atomic mass is 10.2. The predicted molar refractivity (Wildman–Crippen MR) is 70.6 cm³/mol. The van der Waals surface area contributed by atoms with Gasteiger partial charge in [-0.1, -0.05) is 11.6 Å². The monoisotopic (exact) mass is 372 g/mol. The Kier molecular flexibility index (Phi) is 4.54. The third-order valence-corrected chi connectivity index (χ3v) is 4.20. The molecular weight excluding hydrogens is 367 g/mol. The Balaban J connectivity index is 2.42. The maximum absolute atomic E-state index is 13.0. The second-order valence-corrected chi connectivity index (χ2v) is 6.21. The van der Waals surface area contributed by atoms with E-state index in [1.165, 1.54) is 0 Å². The quantitative estimate of drug-likeness (QED) is 0.592. The average molecular weight is 373 g/mol. The summed E-state index contributed by atoms with van der Waals surface area (Å²) in [4.78, 5) is -0.834. The molecule has 0 spiro atoms. The number of halogens is 6. The van der Waals surface area contributed by atoms with E-state index >= 15 is 0 Å². The molecule has 0 fully saturated rings. The van der Waals surface area contributed by atoms with E-state index in [2.05, 4.69) is 4.18 Å². The van der Waals surface area contributed by atoms with Crippen molar-refractivity contribution in [3.63, 3.8) is 0 Å². The summed E-state index contributed by atoms with van der Waals surface area (Å²) in [5.74, 6) is -3.20. The second kappa shape index (κ2) is 5.97. The molecule has 0 saturated carbocycles. The molecule has 2 aromatic carbocycles. The van der Waals surface area contributed by atoms with Crippen LogP contribution in [0.2, 0.25) is 5.02 Å². The highest BCUT2D eigenvalue weighted by Gasteiger charge is 2.34. The van der Waals surface area contributed by atoms with E-state index in [1.807, 2.05) is 0 Å². The number of hydrogen-bond donors (Lipinski definition) is 0. The predicted octanol–water partition coefficient (Wildman–Crippen LogP) is 4.40. The molecule has 0 heterocycles. The largest absolute Gasteiger partial charge is 0.417 e. The van der Waals surface area contributed by atoms with Crippen molar-refractivity contribution in [2.75, 3.05) is 0 Å². The fourth-order valence-electron chi connectivity index (χ4n) is 1.58. The zero-order chi connectivity index (χ0) is 17.4. The van der Waals surface area contributed by atoms with Crippen LogP contribution in [0.15, 0.2) is 41.3 Å². The van der Waals surface area contributed by atoms with Crippen LogP contribution in [0.5, 0.6) is 5.75 Å². The van der Waals surface area contributed by atoms with E-state index in [1.54, 1.807) is 0 Å². The first-order valence-corrected chi connectivity index (χ1v) is 7.55. The molecule has 0 aliphatic rings. The van der Waals surface area contributed by atoms with Crippen LogP contribution in [-0.4, -0.2) is 8.42 Å². The van der Waals surface area contributed by atoms with E-state index in [0.29, 0.717) is 12.1 Å². The lowest BCUT2D eigenvalue weighted by molar-refractivity contribution is -0.137. The van der Waals surface area contributed by atoms with E-state index in [-0.39, 0.29) is 6.07 Å². The zero-order valence-electron chi connectivity index (χ0n) is 10.9. The number of alkyl halides is 3. The van der Waals surface area contributed by atoms with Crippen LogP contribution in [0.4, 0.5) is 22.0 Å². The van der Waals surface area contributed by atoms with Crippen molar-refractivity contribution < 1.29 is 34.6 Å². The third-order valence-electron chi connectivity index (χ3n) is 2.63. The van der Waals surface area contributed by atoms with E-state index in [9.17, 15) is 30.4 Å². The van der Waals surface area contributed by atoms with Crippen molar-refractivity contribution >= 4 is 21.7 Å². The molecule has 0 N–H and O–H groups in total. The molecule has 0 atom stereocenters. The number of benzene rings is 2. The van der Waals surface area contributed by atoms with Crippen LogP contribution in [-0.2, 0) is 16.3 Å². The Morgan fingerprint density at radius 2 is 1.61 bits per heavy atom. The summed E-state index contributed by atoms with van der Waals surface area (Å²) in [6.07, 6.45) is -4.87. The molecule has 23 heavy (non-hydrogen) atoms. The third kappa shape index (κ3) is 3.91. The van der Waals surface area contributed by atoms with Crippen LogP contribution in [0.1, 0.15) is 5.56 Å². The van der Waals surface area contributed by atoms with Crippen LogP contribution in [0.25, 0.3) is 0 Å². The minimum atomic E-state index is -4.87. The van der Waals surface area contributed by atoms with Gasteiger partial charge in [0, 0.05) is 6.07 Å². The number of hydrogen-bond acceptors (Lipinski definition) is 3. The lowest BCUT2D eigenvalue weighted by Gasteiger charge is -2.12. The minimum absolute atomic E-state index is 0.289. The lowest BCUT2D eigenvalue weighted by Crippen LogP contribution is -2.13. The van der Waals surface area contributed by atoms with Crippen LogP contribution < -0.4 is 4.18 Å². The Hall–Kier alpha value is -1.87. The molecular formula is C13H6ClF5O3S. The topological polar surface area (TPSA) is 43.4 Å². The van der Waals surface area contributed by atoms with Gasteiger partial charge in [0.2, 0.25) is 0 Å². The van der Waals surface area contributed by atoms with Gasteiger partial charge in [-0.15, -0.1) is 0 Å². The van der Waals surface area contributed by atoms with Gasteiger partial charge in [0.15, 0.2) is 11.6 Å². The molecule has 0 unspecified atom stereocenters. The molecule has 0 saturated heterocycles. The Morgan fingerprint density at radius 3 is 2.17 bits per heavy atom. The van der Waals surface area contributed by atoms with E-state index in [4.69, 9.17) is 11.6 Å². The Bertz CT molecular complexity index is 849. The molecule has 124 valence electrons. The van der Waals surface area contributed by atoms with Gasteiger partial charge in [-0.25, -0.2) is 8.78 Å². The van der Waals surface area contributed by atoms with E-state index < -0.39 is 49.2 Å². The van der Waals surface area contributed by atoms with Crippen molar-refractivity contribution in [3.05, 3.63) is 58.6 Å². The maximum atomic E-state index is 13.0. The average Bonchev–Trinajstić information content (AvgIpc) is 2.41. The maximum Gasteiger partial charge on any atom is 0.417 e. The fraction of sp³-hybridized carbons (Fsp3) is 0.0769. The molecule has 2 aromatic rings. The first-order valence-electron chi connectivity index (χ1n) is 5.77. The molecule has 0 radical (unpaired) electrons. The van der Waals surface area contributed by atoms with Gasteiger partial charge in [-0.3, -0.25) is 0 Å². The summed E-state index contributed by atoms with van der Waals surface area (Å²) in [5.41, 5.74) is -1.37. The van der Waals surface area contributed by atoms with Crippen LogP contribution >= 0.6 is 11.6 Å². The second-order valence-electron chi connectivity index (χ2n) is 4.25. The van der Waals surface area contributed by atoms with Crippen LogP contribution in [0.3, 0.4) is 0 Å². The molecule has 10 heteroatoms. The summed E-state index contributed by atoms with van der Waals surface area (Å²) >= 11 is 5.38. The van der Waals surface area contributed by atoms with Crippen molar-refractivity contribution in [3.8, 4) is 5.75 Å². The summed E-state index contributed by atoms with van der Waals surface area (Å²) in [5, 5.41) is -0.690. The molecule has 0 aliphatic carbocycles. The zero-order valence-corrected chi connectivity index (χ0v) is 12.4. The molecule has 2 rings (SSSR count). The first-order chi connectivity index (χ1) is 10.5. The highest BCUT2D eigenvalue weighted by molar-refractivity contribution is 7.87. The molecule has 3 nitrogen and oxygen atoms in total. The standard InChI is InChI=1S/C13H6ClF5O3S/c14-10-3-2-8(6-9(10)13(17,18)19)23(20,21)22-7-1-4-11(15)12(16)5-7/h1-6H. The smallest absolute Gasteiger partial charge is 0.379 e. The van der Waals surface area contributed by atoms with Gasteiger partial charge in [0.25, 0.3) is 0 Å². The SMILES string of the molecule is O=S(=O)(Oc1ccc(F)c(F)c1)c1ccc(Cl)c(C(F)(F)F)c1. The van der Waals surface area contributed by atoms with Crippen molar-refractivity contribution in [1.82, 2.24) is 0 Å².